The highest BCUT2D eigenvalue weighted by Gasteiger charge is 2.04. The Kier molecular flexibility index (Phi) is 11.9. The van der Waals surface area contributed by atoms with Gasteiger partial charge in [-0.25, -0.2) is 4.89 Å². The summed E-state index contributed by atoms with van der Waals surface area (Å²) in [4.78, 5) is 4.36. The molecular formula is C13H28O2. The minimum absolute atomic E-state index is 0.0603. The first-order valence-electron chi connectivity index (χ1n) is 6.65. The minimum Gasteiger partial charge on any atom is -0.252 e. The van der Waals surface area contributed by atoms with E-state index in [1.165, 1.54) is 51.4 Å². The maximum atomic E-state index is 8.53. The summed E-state index contributed by atoms with van der Waals surface area (Å²) in [5.41, 5.74) is 0. The van der Waals surface area contributed by atoms with Crippen molar-refractivity contribution in [1.82, 2.24) is 0 Å². The summed E-state index contributed by atoms with van der Waals surface area (Å²) in [5, 5.41) is 8.53. The Bertz CT molecular complexity index is 111. The first kappa shape index (κ1) is 14.9. The lowest BCUT2D eigenvalue weighted by molar-refractivity contribution is -0.280. The van der Waals surface area contributed by atoms with Crippen molar-refractivity contribution in [2.45, 2.75) is 84.2 Å². The molecule has 0 aromatic rings. The fourth-order valence-corrected chi connectivity index (χ4v) is 1.84. The van der Waals surface area contributed by atoms with Crippen molar-refractivity contribution in [1.29, 1.82) is 0 Å². The average Bonchev–Trinajstić information content (AvgIpc) is 2.27. The standard InChI is InChI=1S/C13H28O2/c1-3-5-6-7-8-9-10-11-12-13(4-2)15-14/h13-14H,3-12H2,1-2H3. The molecule has 2 heteroatoms. The summed E-state index contributed by atoms with van der Waals surface area (Å²) >= 11 is 0. The normalized spacial score (nSPS) is 13.0. The molecule has 0 saturated heterocycles. The van der Waals surface area contributed by atoms with Gasteiger partial charge in [-0.05, 0) is 12.8 Å². The molecular weight excluding hydrogens is 188 g/mol. The molecule has 0 fully saturated rings. The van der Waals surface area contributed by atoms with Gasteiger partial charge in [0.1, 0.15) is 0 Å². The van der Waals surface area contributed by atoms with Crippen LogP contribution in [-0.4, -0.2) is 11.4 Å². The van der Waals surface area contributed by atoms with Crippen LogP contribution < -0.4 is 0 Å². The Morgan fingerprint density at radius 3 is 1.87 bits per heavy atom. The third kappa shape index (κ3) is 10.2. The second kappa shape index (κ2) is 12.0. The van der Waals surface area contributed by atoms with Gasteiger partial charge in [-0.15, -0.1) is 0 Å². The number of hydrogen-bond donors (Lipinski definition) is 1. The van der Waals surface area contributed by atoms with Gasteiger partial charge in [-0.1, -0.05) is 65.2 Å². The van der Waals surface area contributed by atoms with Gasteiger partial charge in [0.25, 0.3) is 0 Å². The SMILES string of the molecule is CCCCCCCCCCC(CC)OO. The first-order valence-corrected chi connectivity index (χ1v) is 6.65. The highest BCUT2D eigenvalue weighted by atomic mass is 17.1. The Balaban J connectivity index is 3.04. The van der Waals surface area contributed by atoms with Gasteiger partial charge < -0.3 is 0 Å². The van der Waals surface area contributed by atoms with Crippen molar-refractivity contribution in [3.8, 4) is 0 Å². The lowest BCUT2D eigenvalue weighted by atomic mass is 10.0. The quantitative estimate of drug-likeness (QED) is 0.306. The average molecular weight is 216 g/mol. The topological polar surface area (TPSA) is 29.5 Å². The van der Waals surface area contributed by atoms with Gasteiger partial charge in [-0.2, -0.15) is 0 Å². The Hall–Kier alpha value is -0.0800. The molecule has 0 bridgehead atoms. The van der Waals surface area contributed by atoms with Crippen LogP contribution in [0, 0.1) is 0 Å². The minimum atomic E-state index is 0.0603. The number of rotatable bonds is 11. The summed E-state index contributed by atoms with van der Waals surface area (Å²) in [6.07, 6.45) is 12.7. The molecule has 0 amide bonds. The summed E-state index contributed by atoms with van der Waals surface area (Å²) in [6, 6.07) is 0. The monoisotopic (exact) mass is 216 g/mol. The summed E-state index contributed by atoms with van der Waals surface area (Å²) < 4.78 is 0. The zero-order chi connectivity index (χ0) is 11.4. The van der Waals surface area contributed by atoms with Crippen molar-refractivity contribution in [3.05, 3.63) is 0 Å². The van der Waals surface area contributed by atoms with Crippen LogP contribution in [0.5, 0.6) is 0 Å². The predicted molar refractivity (Wildman–Crippen MR) is 65.0 cm³/mol. The predicted octanol–water partition coefficient (Wildman–Crippen LogP) is 4.79. The van der Waals surface area contributed by atoms with E-state index >= 15 is 0 Å². The maximum Gasteiger partial charge on any atom is 0.0924 e. The molecule has 1 N–H and O–H groups in total. The summed E-state index contributed by atoms with van der Waals surface area (Å²) in [5.74, 6) is 0. The first-order chi connectivity index (χ1) is 7.35. The third-order valence-corrected chi connectivity index (χ3v) is 2.98. The molecule has 92 valence electrons. The lowest BCUT2D eigenvalue weighted by Gasteiger charge is -2.09. The molecule has 1 atom stereocenters. The van der Waals surface area contributed by atoms with Crippen LogP contribution in [0.25, 0.3) is 0 Å². The Labute approximate surface area is 95.0 Å². The van der Waals surface area contributed by atoms with E-state index < -0.39 is 0 Å². The van der Waals surface area contributed by atoms with Crippen LogP contribution >= 0.6 is 0 Å². The molecule has 0 aliphatic rings. The van der Waals surface area contributed by atoms with E-state index in [9.17, 15) is 0 Å². The molecule has 0 aromatic carbocycles. The van der Waals surface area contributed by atoms with Gasteiger partial charge in [0.2, 0.25) is 0 Å². The van der Waals surface area contributed by atoms with E-state index in [2.05, 4.69) is 11.8 Å². The van der Waals surface area contributed by atoms with Crippen molar-refractivity contribution in [2.24, 2.45) is 0 Å². The van der Waals surface area contributed by atoms with E-state index in [1.807, 2.05) is 6.92 Å². The van der Waals surface area contributed by atoms with Crippen LogP contribution in [0.15, 0.2) is 0 Å². The van der Waals surface area contributed by atoms with Gasteiger partial charge in [0, 0.05) is 0 Å². The van der Waals surface area contributed by atoms with Crippen molar-refractivity contribution in [2.75, 3.05) is 0 Å². The zero-order valence-electron chi connectivity index (χ0n) is 10.5. The molecule has 0 spiro atoms. The maximum absolute atomic E-state index is 8.53. The Morgan fingerprint density at radius 1 is 0.867 bits per heavy atom. The molecule has 0 aliphatic carbocycles. The third-order valence-electron chi connectivity index (χ3n) is 2.98. The number of unbranched alkanes of at least 4 members (excludes halogenated alkanes) is 7. The van der Waals surface area contributed by atoms with E-state index in [4.69, 9.17) is 5.26 Å². The van der Waals surface area contributed by atoms with Crippen molar-refractivity contribution >= 4 is 0 Å². The van der Waals surface area contributed by atoms with Crippen LogP contribution in [0.4, 0.5) is 0 Å². The van der Waals surface area contributed by atoms with Gasteiger partial charge in [0.15, 0.2) is 0 Å². The fourth-order valence-electron chi connectivity index (χ4n) is 1.84. The molecule has 1 unspecified atom stereocenters. The smallest absolute Gasteiger partial charge is 0.0924 e. The van der Waals surface area contributed by atoms with Crippen LogP contribution in [-0.2, 0) is 4.89 Å². The summed E-state index contributed by atoms with van der Waals surface area (Å²) in [6.45, 7) is 4.30. The highest BCUT2D eigenvalue weighted by molar-refractivity contribution is 4.54. The molecule has 15 heavy (non-hydrogen) atoms. The van der Waals surface area contributed by atoms with Crippen molar-refractivity contribution in [3.63, 3.8) is 0 Å². The Morgan fingerprint density at radius 2 is 1.40 bits per heavy atom. The molecule has 0 rings (SSSR count). The fraction of sp³-hybridized carbons (Fsp3) is 1.00. The second-order valence-electron chi connectivity index (χ2n) is 4.40. The molecule has 0 saturated carbocycles. The second-order valence-corrected chi connectivity index (χ2v) is 4.40. The van der Waals surface area contributed by atoms with Crippen molar-refractivity contribution < 1.29 is 10.1 Å². The summed E-state index contributed by atoms with van der Waals surface area (Å²) in [7, 11) is 0. The van der Waals surface area contributed by atoms with E-state index in [0.29, 0.717) is 0 Å². The molecule has 0 aliphatic heterocycles. The molecule has 0 aromatic heterocycles. The molecule has 0 heterocycles. The molecule has 2 nitrogen and oxygen atoms in total. The van der Waals surface area contributed by atoms with Crippen LogP contribution in [0.1, 0.15) is 78.1 Å². The van der Waals surface area contributed by atoms with Gasteiger partial charge in [0.05, 0.1) is 6.10 Å². The number of hydrogen-bond acceptors (Lipinski definition) is 2. The molecule has 0 radical (unpaired) electrons. The highest BCUT2D eigenvalue weighted by Crippen LogP contribution is 2.12. The van der Waals surface area contributed by atoms with Gasteiger partial charge >= 0.3 is 0 Å². The van der Waals surface area contributed by atoms with Crippen LogP contribution in [0.3, 0.4) is 0 Å². The van der Waals surface area contributed by atoms with E-state index in [-0.39, 0.29) is 6.10 Å². The van der Waals surface area contributed by atoms with Gasteiger partial charge in [-0.3, -0.25) is 5.26 Å². The largest absolute Gasteiger partial charge is 0.252 e. The lowest BCUT2D eigenvalue weighted by Crippen LogP contribution is -2.08. The zero-order valence-corrected chi connectivity index (χ0v) is 10.5. The van der Waals surface area contributed by atoms with E-state index in [0.717, 1.165) is 12.8 Å². The van der Waals surface area contributed by atoms with Crippen LogP contribution in [0.2, 0.25) is 0 Å². The van der Waals surface area contributed by atoms with E-state index in [1.54, 1.807) is 0 Å².